The van der Waals surface area contributed by atoms with E-state index in [2.05, 4.69) is 31.1 Å². The molecule has 0 amide bonds. The van der Waals surface area contributed by atoms with Crippen molar-refractivity contribution >= 4 is 0 Å². The SMILES string of the molecule is CNC(CN(CCC(C)C)C1CC1)C1CCCCC1. The number of rotatable bonds is 8. The van der Waals surface area contributed by atoms with Gasteiger partial charge in [0, 0.05) is 18.6 Å². The van der Waals surface area contributed by atoms with Crippen LogP contribution in [0.1, 0.15) is 65.2 Å². The van der Waals surface area contributed by atoms with Gasteiger partial charge >= 0.3 is 0 Å². The van der Waals surface area contributed by atoms with Crippen molar-refractivity contribution in [3.05, 3.63) is 0 Å². The van der Waals surface area contributed by atoms with Crippen LogP contribution in [0.2, 0.25) is 0 Å². The average Bonchev–Trinajstić information content (AvgIpc) is 3.24. The summed E-state index contributed by atoms with van der Waals surface area (Å²) in [4.78, 5) is 2.79. The minimum absolute atomic E-state index is 0.730. The maximum Gasteiger partial charge on any atom is 0.0220 e. The summed E-state index contributed by atoms with van der Waals surface area (Å²) in [5, 5.41) is 3.63. The number of hydrogen-bond acceptors (Lipinski definition) is 2. The summed E-state index contributed by atoms with van der Waals surface area (Å²) < 4.78 is 0. The fourth-order valence-corrected chi connectivity index (χ4v) is 3.55. The van der Waals surface area contributed by atoms with Crippen LogP contribution in [0.5, 0.6) is 0 Å². The molecule has 0 bridgehead atoms. The molecule has 0 aromatic rings. The molecule has 0 aliphatic heterocycles. The lowest BCUT2D eigenvalue weighted by molar-refractivity contribution is 0.176. The molecule has 2 rings (SSSR count). The van der Waals surface area contributed by atoms with Gasteiger partial charge in [-0.05, 0) is 57.5 Å². The highest BCUT2D eigenvalue weighted by Crippen LogP contribution is 2.31. The Morgan fingerprint density at radius 3 is 2.26 bits per heavy atom. The second-order valence-electron chi connectivity index (χ2n) is 7.20. The van der Waals surface area contributed by atoms with Crippen molar-refractivity contribution in [3.63, 3.8) is 0 Å². The topological polar surface area (TPSA) is 15.3 Å². The van der Waals surface area contributed by atoms with Gasteiger partial charge in [-0.25, -0.2) is 0 Å². The van der Waals surface area contributed by atoms with Gasteiger partial charge in [0.2, 0.25) is 0 Å². The van der Waals surface area contributed by atoms with Crippen molar-refractivity contribution in [2.24, 2.45) is 11.8 Å². The van der Waals surface area contributed by atoms with Crippen LogP contribution >= 0.6 is 0 Å². The van der Waals surface area contributed by atoms with E-state index in [0.717, 1.165) is 23.9 Å². The Balaban J connectivity index is 1.82. The third-order valence-corrected chi connectivity index (χ3v) is 5.08. The zero-order valence-corrected chi connectivity index (χ0v) is 13.3. The highest BCUT2D eigenvalue weighted by molar-refractivity contribution is 4.89. The van der Waals surface area contributed by atoms with E-state index in [-0.39, 0.29) is 0 Å². The third kappa shape index (κ3) is 5.07. The number of nitrogens with one attached hydrogen (secondary N) is 1. The largest absolute Gasteiger partial charge is 0.315 e. The van der Waals surface area contributed by atoms with Gasteiger partial charge < -0.3 is 5.32 Å². The summed E-state index contributed by atoms with van der Waals surface area (Å²) in [6, 6.07) is 1.64. The maximum absolute atomic E-state index is 3.63. The summed E-state index contributed by atoms with van der Waals surface area (Å²) in [6.45, 7) is 7.30. The molecule has 2 nitrogen and oxygen atoms in total. The smallest absolute Gasteiger partial charge is 0.0220 e. The van der Waals surface area contributed by atoms with Crippen LogP contribution in [0.3, 0.4) is 0 Å². The molecule has 1 N–H and O–H groups in total. The van der Waals surface area contributed by atoms with Gasteiger partial charge in [-0.3, -0.25) is 4.90 Å². The van der Waals surface area contributed by atoms with Crippen LogP contribution in [0.25, 0.3) is 0 Å². The highest BCUT2D eigenvalue weighted by Gasteiger charge is 2.32. The molecule has 2 aliphatic carbocycles. The van der Waals surface area contributed by atoms with E-state index < -0.39 is 0 Å². The predicted molar refractivity (Wildman–Crippen MR) is 83.5 cm³/mol. The van der Waals surface area contributed by atoms with Gasteiger partial charge in [-0.15, -0.1) is 0 Å². The molecule has 2 heteroatoms. The van der Waals surface area contributed by atoms with Gasteiger partial charge in [0.1, 0.15) is 0 Å². The van der Waals surface area contributed by atoms with E-state index in [0.29, 0.717) is 0 Å². The molecule has 0 radical (unpaired) electrons. The second kappa shape index (κ2) is 7.64. The fourth-order valence-electron chi connectivity index (χ4n) is 3.55. The standard InChI is InChI=1S/C17H34N2/c1-14(2)11-12-19(16-9-10-16)13-17(18-3)15-7-5-4-6-8-15/h14-18H,4-13H2,1-3H3. The maximum atomic E-state index is 3.63. The van der Waals surface area contributed by atoms with Crippen LogP contribution in [0.15, 0.2) is 0 Å². The normalized spacial score (nSPS) is 23.2. The summed E-state index contributed by atoms with van der Waals surface area (Å²) in [7, 11) is 2.17. The minimum atomic E-state index is 0.730. The van der Waals surface area contributed by atoms with Crippen molar-refractivity contribution in [2.75, 3.05) is 20.1 Å². The Hall–Kier alpha value is -0.0800. The number of likely N-dealkylation sites (N-methyl/N-ethyl adjacent to an activating group) is 1. The molecule has 112 valence electrons. The number of hydrogen-bond donors (Lipinski definition) is 1. The van der Waals surface area contributed by atoms with E-state index in [9.17, 15) is 0 Å². The molecule has 19 heavy (non-hydrogen) atoms. The van der Waals surface area contributed by atoms with Gasteiger partial charge in [0.25, 0.3) is 0 Å². The summed E-state index contributed by atoms with van der Waals surface area (Å²) in [6.07, 6.45) is 11.5. The molecular weight excluding hydrogens is 232 g/mol. The van der Waals surface area contributed by atoms with Crippen LogP contribution in [0, 0.1) is 11.8 Å². The molecule has 2 fully saturated rings. The summed E-state index contributed by atoms with van der Waals surface area (Å²) in [5.41, 5.74) is 0. The van der Waals surface area contributed by atoms with Gasteiger partial charge in [-0.2, -0.15) is 0 Å². The first-order valence-corrected chi connectivity index (χ1v) is 8.62. The van der Waals surface area contributed by atoms with Crippen LogP contribution in [0.4, 0.5) is 0 Å². The zero-order chi connectivity index (χ0) is 13.7. The Kier molecular flexibility index (Phi) is 6.15. The van der Waals surface area contributed by atoms with Crippen molar-refractivity contribution in [2.45, 2.75) is 77.3 Å². The van der Waals surface area contributed by atoms with Gasteiger partial charge in [0.15, 0.2) is 0 Å². The first kappa shape index (κ1) is 15.3. The molecule has 0 aromatic carbocycles. The third-order valence-electron chi connectivity index (χ3n) is 5.08. The molecule has 2 saturated carbocycles. The number of nitrogens with zero attached hydrogens (tertiary/aromatic N) is 1. The van der Waals surface area contributed by atoms with E-state index in [1.54, 1.807) is 0 Å². The molecule has 2 aliphatic rings. The lowest BCUT2D eigenvalue weighted by Gasteiger charge is -2.34. The lowest BCUT2D eigenvalue weighted by atomic mass is 9.83. The molecule has 0 spiro atoms. The van der Waals surface area contributed by atoms with E-state index >= 15 is 0 Å². The van der Waals surface area contributed by atoms with E-state index in [1.165, 1.54) is 64.5 Å². The Labute approximate surface area is 120 Å². The highest BCUT2D eigenvalue weighted by atomic mass is 15.2. The second-order valence-corrected chi connectivity index (χ2v) is 7.20. The van der Waals surface area contributed by atoms with Crippen molar-refractivity contribution in [1.29, 1.82) is 0 Å². The Morgan fingerprint density at radius 1 is 1.05 bits per heavy atom. The van der Waals surface area contributed by atoms with Gasteiger partial charge in [0.05, 0.1) is 0 Å². The Bertz CT molecular complexity index is 242. The lowest BCUT2D eigenvalue weighted by Crippen LogP contribution is -2.46. The molecule has 0 saturated heterocycles. The van der Waals surface area contributed by atoms with Crippen LogP contribution in [-0.4, -0.2) is 37.1 Å². The quantitative estimate of drug-likeness (QED) is 0.721. The minimum Gasteiger partial charge on any atom is -0.315 e. The Morgan fingerprint density at radius 2 is 1.74 bits per heavy atom. The first-order valence-electron chi connectivity index (χ1n) is 8.62. The summed E-state index contributed by atoms with van der Waals surface area (Å²) >= 11 is 0. The van der Waals surface area contributed by atoms with Crippen LogP contribution < -0.4 is 5.32 Å². The van der Waals surface area contributed by atoms with Crippen LogP contribution in [-0.2, 0) is 0 Å². The molecular formula is C17H34N2. The molecule has 1 atom stereocenters. The molecule has 0 heterocycles. The van der Waals surface area contributed by atoms with Crippen molar-refractivity contribution in [3.8, 4) is 0 Å². The van der Waals surface area contributed by atoms with Crippen molar-refractivity contribution in [1.82, 2.24) is 10.2 Å². The molecule has 1 unspecified atom stereocenters. The van der Waals surface area contributed by atoms with Gasteiger partial charge in [-0.1, -0.05) is 33.1 Å². The first-order chi connectivity index (χ1) is 9.20. The van der Waals surface area contributed by atoms with Crippen molar-refractivity contribution < 1.29 is 0 Å². The molecule has 0 aromatic heterocycles. The summed E-state index contributed by atoms with van der Waals surface area (Å²) in [5.74, 6) is 1.77. The predicted octanol–water partition coefficient (Wildman–Crippen LogP) is 3.67. The average molecular weight is 266 g/mol. The van der Waals surface area contributed by atoms with E-state index in [4.69, 9.17) is 0 Å². The van der Waals surface area contributed by atoms with E-state index in [1.807, 2.05) is 0 Å². The monoisotopic (exact) mass is 266 g/mol. The fraction of sp³-hybridized carbons (Fsp3) is 1.00. The zero-order valence-electron chi connectivity index (χ0n) is 13.3.